The number of aliphatic carboxylic acids is 1. The average Bonchev–Trinajstić information content (AvgIpc) is 3.13. The standard InChI is InChI=1S/C15H13F2N3O3/c16-8-1-2-9(12(17)5-8)10-6-11(10)15(23)18-13-3-4-20(19-13)7-14(21)22/h1-5,10-11H,6-7H2,(H,21,22)(H,18,19,23)/t10-,11+/m0/s1. The molecule has 23 heavy (non-hydrogen) atoms. The van der Waals surface area contributed by atoms with Crippen molar-refractivity contribution >= 4 is 17.7 Å². The van der Waals surface area contributed by atoms with Crippen molar-refractivity contribution in [2.75, 3.05) is 5.32 Å². The summed E-state index contributed by atoms with van der Waals surface area (Å²) >= 11 is 0. The summed E-state index contributed by atoms with van der Waals surface area (Å²) in [6.45, 7) is -0.303. The van der Waals surface area contributed by atoms with Gasteiger partial charge < -0.3 is 10.4 Å². The van der Waals surface area contributed by atoms with Crippen LogP contribution in [0.4, 0.5) is 14.6 Å². The molecule has 0 bridgehead atoms. The monoisotopic (exact) mass is 321 g/mol. The topological polar surface area (TPSA) is 84.2 Å². The molecular weight excluding hydrogens is 308 g/mol. The summed E-state index contributed by atoms with van der Waals surface area (Å²) in [6.07, 6.45) is 1.91. The Morgan fingerprint density at radius 3 is 2.83 bits per heavy atom. The second-order valence-electron chi connectivity index (χ2n) is 5.40. The van der Waals surface area contributed by atoms with E-state index in [2.05, 4.69) is 10.4 Å². The molecule has 6 nitrogen and oxygen atoms in total. The fourth-order valence-electron chi connectivity index (χ4n) is 2.50. The Kier molecular flexibility index (Phi) is 3.81. The molecule has 1 aliphatic rings. The third-order valence-electron chi connectivity index (χ3n) is 3.68. The highest BCUT2D eigenvalue weighted by atomic mass is 19.1. The average molecular weight is 321 g/mol. The number of anilines is 1. The zero-order valence-electron chi connectivity index (χ0n) is 11.9. The first-order chi connectivity index (χ1) is 10.9. The van der Waals surface area contributed by atoms with Crippen molar-refractivity contribution in [1.29, 1.82) is 0 Å². The van der Waals surface area contributed by atoms with Crippen molar-refractivity contribution in [1.82, 2.24) is 9.78 Å². The van der Waals surface area contributed by atoms with Gasteiger partial charge in [0.25, 0.3) is 0 Å². The molecule has 2 aromatic rings. The minimum absolute atomic E-state index is 0.237. The van der Waals surface area contributed by atoms with Crippen molar-refractivity contribution in [3.8, 4) is 0 Å². The second kappa shape index (κ2) is 5.79. The summed E-state index contributed by atoms with van der Waals surface area (Å²) in [4.78, 5) is 22.7. The van der Waals surface area contributed by atoms with E-state index in [0.717, 1.165) is 6.07 Å². The highest BCUT2D eigenvalue weighted by molar-refractivity contribution is 5.94. The SMILES string of the molecule is O=C(O)Cn1ccc(NC(=O)[C@@H]2C[C@H]2c2ccc(F)cc2F)n1. The lowest BCUT2D eigenvalue weighted by Crippen LogP contribution is -2.16. The van der Waals surface area contributed by atoms with Gasteiger partial charge in [0.05, 0.1) is 0 Å². The molecule has 120 valence electrons. The highest BCUT2D eigenvalue weighted by Gasteiger charge is 2.45. The highest BCUT2D eigenvalue weighted by Crippen LogP contribution is 2.48. The molecule has 0 unspecified atom stereocenters. The van der Waals surface area contributed by atoms with Crippen molar-refractivity contribution in [2.45, 2.75) is 18.9 Å². The predicted octanol–water partition coefficient (Wildman–Crippen LogP) is 1.99. The van der Waals surface area contributed by atoms with Crippen LogP contribution in [-0.4, -0.2) is 26.8 Å². The van der Waals surface area contributed by atoms with Crippen molar-refractivity contribution in [2.24, 2.45) is 5.92 Å². The molecular formula is C15H13F2N3O3. The van der Waals surface area contributed by atoms with E-state index in [1.54, 1.807) is 0 Å². The molecule has 0 saturated heterocycles. The van der Waals surface area contributed by atoms with E-state index >= 15 is 0 Å². The number of rotatable bonds is 5. The number of carbonyl (C=O) groups excluding carboxylic acids is 1. The largest absolute Gasteiger partial charge is 0.480 e. The molecule has 0 aliphatic heterocycles. The summed E-state index contributed by atoms with van der Waals surface area (Å²) < 4.78 is 27.8. The van der Waals surface area contributed by atoms with E-state index in [1.165, 1.54) is 29.1 Å². The minimum atomic E-state index is -1.04. The lowest BCUT2D eigenvalue weighted by Gasteiger charge is -2.03. The number of hydrogen-bond acceptors (Lipinski definition) is 3. The molecule has 2 N–H and O–H groups in total. The minimum Gasteiger partial charge on any atom is -0.480 e. The molecule has 2 atom stereocenters. The number of nitrogens with zero attached hydrogens (tertiary/aromatic N) is 2. The number of aromatic nitrogens is 2. The molecule has 1 heterocycles. The Hall–Kier alpha value is -2.77. The first-order valence-electron chi connectivity index (χ1n) is 6.95. The van der Waals surface area contributed by atoms with Gasteiger partial charge in [-0.3, -0.25) is 14.3 Å². The van der Waals surface area contributed by atoms with E-state index in [0.29, 0.717) is 12.0 Å². The van der Waals surface area contributed by atoms with Gasteiger partial charge >= 0.3 is 5.97 Å². The molecule has 8 heteroatoms. The van der Waals surface area contributed by atoms with Crippen LogP contribution < -0.4 is 5.32 Å². The molecule has 0 radical (unpaired) electrons. The van der Waals surface area contributed by atoms with Gasteiger partial charge in [-0.25, -0.2) is 8.78 Å². The number of nitrogens with one attached hydrogen (secondary N) is 1. The number of amides is 1. The molecule has 0 spiro atoms. The Morgan fingerprint density at radius 2 is 2.13 bits per heavy atom. The number of carboxylic acids is 1. The summed E-state index contributed by atoms with van der Waals surface area (Å²) in [6, 6.07) is 4.80. The van der Waals surface area contributed by atoms with Crippen LogP contribution in [0.2, 0.25) is 0 Å². The van der Waals surface area contributed by atoms with Gasteiger partial charge in [-0.2, -0.15) is 5.10 Å². The van der Waals surface area contributed by atoms with Crippen LogP contribution in [0.15, 0.2) is 30.5 Å². The number of carboxylic acid groups (broad SMARTS) is 1. The van der Waals surface area contributed by atoms with Gasteiger partial charge in [0, 0.05) is 24.2 Å². The summed E-state index contributed by atoms with van der Waals surface area (Å²) in [5.41, 5.74) is 0.322. The summed E-state index contributed by atoms with van der Waals surface area (Å²) in [5, 5.41) is 15.1. The Morgan fingerprint density at radius 1 is 1.35 bits per heavy atom. The third-order valence-corrected chi connectivity index (χ3v) is 3.68. The Labute approximate surface area is 129 Å². The first-order valence-corrected chi connectivity index (χ1v) is 6.95. The van der Waals surface area contributed by atoms with E-state index in [9.17, 15) is 18.4 Å². The lowest BCUT2D eigenvalue weighted by molar-refractivity contribution is -0.137. The van der Waals surface area contributed by atoms with Gasteiger partial charge in [0.1, 0.15) is 18.2 Å². The zero-order chi connectivity index (χ0) is 16.6. The number of hydrogen-bond donors (Lipinski definition) is 2. The Bertz CT molecular complexity index is 775. The summed E-state index contributed by atoms with van der Waals surface area (Å²) in [5.74, 6) is -3.12. The molecule has 1 amide bonds. The third kappa shape index (κ3) is 3.36. The normalized spacial score (nSPS) is 19.4. The number of benzene rings is 1. The van der Waals surface area contributed by atoms with Gasteiger partial charge in [0.15, 0.2) is 5.82 Å². The first kappa shape index (κ1) is 15.1. The van der Waals surface area contributed by atoms with Gasteiger partial charge in [0.2, 0.25) is 5.91 Å². The van der Waals surface area contributed by atoms with Crippen LogP contribution >= 0.6 is 0 Å². The summed E-state index contributed by atoms with van der Waals surface area (Å²) in [7, 11) is 0. The van der Waals surface area contributed by atoms with Crippen LogP contribution in [0, 0.1) is 17.6 Å². The van der Waals surface area contributed by atoms with E-state index in [-0.39, 0.29) is 24.2 Å². The van der Waals surface area contributed by atoms with Crippen molar-refractivity contribution in [3.63, 3.8) is 0 Å². The van der Waals surface area contributed by atoms with Crippen LogP contribution in [0.25, 0.3) is 0 Å². The number of carbonyl (C=O) groups is 2. The maximum absolute atomic E-state index is 13.7. The van der Waals surface area contributed by atoms with Gasteiger partial charge in [-0.05, 0) is 24.0 Å². The molecule has 1 aromatic carbocycles. The second-order valence-corrected chi connectivity index (χ2v) is 5.40. The quantitative estimate of drug-likeness (QED) is 0.882. The molecule has 1 saturated carbocycles. The molecule has 3 rings (SSSR count). The van der Waals surface area contributed by atoms with Crippen LogP contribution in [0.1, 0.15) is 17.9 Å². The zero-order valence-corrected chi connectivity index (χ0v) is 11.9. The smallest absolute Gasteiger partial charge is 0.325 e. The lowest BCUT2D eigenvalue weighted by atomic mass is 10.1. The van der Waals surface area contributed by atoms with Crippen LogP contribution in [0.3, 0.4) is 0 Å². The van der Waals surface area contributed by atoms with Crippen LogP contribution in [-0.2, 0) is 16.1 Å². The van der Waals surface area contributed by atoms with E-state index in [4.69, 9.17) is 5.11 Å². The fourth-order valence-corrected chi connectivity index (χ4v) is 2.50. The van der Waals surface area contributed by atoms with E-state index in [1.807, 2.05) is 0 Å². The molecule has 1 aromatic heterocycles. The number of halogens is 2. The fraction of sp³-hybridized carbons (Fsp3) is 0.267. The molecule has 1 aliphatic carbocycles. The van der Waals surface area contributed by atoms with Crippen molar-refractivity contribution in [3.05, 3.63) is 47.7 Å². The van der Waals surface area contributed by atoms with Crippen molar-refractivity contribution < 1.29 is 23.5 Å². The maximum atomic E-state index is 13.7. The van der Waals surface area contributed by atoms with E-state index < -0.39 is 23.5 Å². The van der Waals surface area contributed by atoms with Gasteiger partial charge in [-0.1, -0.05) is 6.07 Å². The van der Waals surface area contributed by atoms with Gasteiger partial charge in [-0.15, -0.1) is 0 Å². The maximum Gasteiger partial charge on any atom is 0.325 e. The molecule has 1 fully saturated rings. The Balaban J connectivity index is 1.62. The predicted molar refractivity (Wildman–Crippen MR) is 75.7 cm³/mol. The van der Waals surface area contributed by atoms with Crippen LogP contribution in [0.5, 0.6) is 0 Å².